The van der Waals surface area contributed by atoms with Crippen LogP contribution < -0.4 is 10.2 Å². The lowest BCUT2D eigenvalue weighted by molar-refractivity contribution is 0.112. The lowest BCUT2D eigenvalue weighted by Crippen LogP contribution is -2.48. The van der Waals surface area contributed by atoms with E-state index in [4.69, 9.17) is 14.8 Å². The van der Waals surface area contributed by atoms with Crippen LogP contribution in [0.2, 0.25) is 0 Å². The van der Waals surface area contributed by atoms with Crippen LogP contribution in [0, 0.1) is 0 Å². The third kappa shape index (κ3) is 4.20. The van der Waals surface area contributed by atoms with E-state index >= 15 is 0 Å². The number of hydrogen-bond donors (Lipinski definition) is 2. The van der Waals surface area contributed by atoms with Gasteiger partial charge in [0, 0.05) is 38.8 Å². The van der Waals surface area contributed by atoms with Gasteiger partial charge in [-0.3, -0.25) is 9.80 Å². The molecule has 0 atom stereocenters. The van der Waals surface area contributed by atoms with Gasteiger partial charge in [0.1, 0.15) is 12.4 Å². The van der Waals surface area contributed by atoms with Crippen LogP contribution in [0.15, 0.2) is 24.3 Å². The second-order valence-corrected chi connectivity index (χ2v) is 5.90. The normalized spacial score (nSPS) is 20.5. The van der Waals surface area contributed by atoms with E-state index in [9.17, 15) is 0 Å². The van der Waals surface area contributed by atoms with Gasteiger partial charge in [-0.25, -0.2) is 0 Å². The van der Waals surface area contributed by atoms with Crippen LogP contribution in [0.25, 0.3) is 0 Å². The van der Waals surface area contributed by atoms with Gasteiger partial charge >= 0.3 is 7.12 Å². The standard InChI is InChI=1S/C15H23BN2O3/c19-16(20)13-1-5-15(6-2-13)21-12-11-17-7-9-18(10-8-17)14-3-4-14/h1-2,5-6,14,19-20H,3-4,7-12H2. The van der Waals surface area contributed by atoms with Gasteiger partial charge in [-0.05, 0) is 30.4 Å². The van der Waals surface area contributed by atoms with Gasteiger partial charge in [0.15, 0.2) is 0 Å². The molecule has 21 heavy (non-hydrogen) atoms. The zero-order valence-electron chi connectivity index (χ0n) is 12.3. The first kappa shape index (κ1) is 14.8. The zero-order valence-corrected chi connectivity index (χ0v) is 12.3. The SMILES string of the molecule is OB(O)c1ccc(OCCN2CCN(C3CC3)CC2)cc1. The van der Waals surface area contributed by atoms with Gasteiger partial charge in [-0.2, -0.15) is 0 Å². The van der Waals surface area contributed by atoms with Crippen LogP contribution >= 0.6 is 0 Å². The first-order valence-electron chi connectivity index (χ1n) is 7.78. The van der Waals surface area contributed by atoms with E-state index in [1.807, 2.05) is 0 Å². The molecule has 114 valence electrons. The molecule has 1 aliphatic heterocycles. The van der Waals surface area contributed by atoms with Crippen molar-refractivity contribution in [1.29, 1.82) is 0 Å². The van der Waals surface area contributed by atoms with Crippen molar-refractivity contribution in [3.05, 3.63) is 24.3 Å². The van der Waals surface area contributed by atoms with E-state index in [1.54, 1.807) is 24.3 Å². The fourth-order valence-corrected chi connectivity index (χ4v) is 2.82. The van der Waals surface area contributed by atoms with Crippen molar-refractivity contribution in [3.63, 3.8) is 0 Å². The van der Waals surface area contributed by atoms with Gasteiger partial charge in [0.2, 0.25) is 0 Å². The summed E-state index contributed by atoms with van der Waals surface area (Å²) in [7, 11) is -1.41. The maximum atomic E-state index is 9.03. The summed E-state index contributed by atoms with van der Waals surface area (Å²) in [6.07, 6.45) is 2.78. The van der Waals surface area contributed by atoms with E-state index in [-0.39, 0.29) is 0 Å². The van der Waals surface area contributed by atoms with E-state index in [2.05, 4.69) is 9.80 Å². The summed E-state index contributed by atoms with van der Waals surface area (Å²) in [5, 5.41) is 18.1. The second-order valence-electron chi connectivity index (χ2n) is 5.90. The Balaban J connectivity index is 1.36. The highest BCUT2D eigenvalue weighted by atomic mass is 16.5. The maximum Gasteiger partial charge on any atom is 0.488 e. The summed E-state index contributed by atoms with van der Waals surface area (Å²) in [5.74, 6) is 0.774. The second kappa shape index (κ2) is 6.79. The van der Waals surface area contributed by atoms with E-state index < -0.39 is 7.12 Å². The summed E-state index contributed by atoms with van der Waals surface area (Å²) >= 11 is 0. The van der Waals surface area contributed by atoms with Crippen molar-refractivity contribution in [2.24, 2.45) is 0 Å². The van der Waals surface area contributed by atoms with Crippen LogP contribution in [0.4, 0.5) is 0 Å². The van der Waals surface area contributed by atoms with Crippen molar-refractivity contribution in [2.75, 3.05) is 39.3 Å². The highest BCUT2D eigenvalue weighted by Crippen LogP contribution is 2.27. The molecule has 2 N–H and O–H groups in total. The van der Waals surface area contributed by atoms with Crippen molar-refractivity contribution in [2.45, 2.75) is 18.9 Å². The van der Waals surface area contributed by atoms with Gasteiger partial charge in [0.05, 0.1) is 0 Å². The Morgan fingerprint density at radius 1 is 1.05 bits per heavy atom. The minimum Gasteiger partial charge on any atom is -0.492 e. The Labute approximate surface area is 126 Å². The molecule has 3 rings (SSSR count). The molecule has 1 saturated carbocycles. The lowest BCUT2D eigenvalue weighted by Gasteiger charge is -2.34. The highest BCUT2D eigenvalue weighted by Gasteiger charge is 2.30. The average Bonchev–Trinajstić information content (AvgIpc) is 3.33. The molecule has 0 spiro atoms. The number of hydrogen-bond acceptors (Lipinski definition) is 5. The molecule has 0 aromatic heterocycles. The molecule has 1 aromatic carbocycles. The van der Waals surface area contributed by atoms with E-state index in [0.29, 0.717) is 12.1 Å². The first-order valence-corrected chi connectivity index (χ1v) is 7.78. The fraction of sp³-hybridized carbons (Fsp3) is 0.600. The van der Waals surface area contributed by atoms with Crippen molar-refractivity contribution < 1.29 is 14.8 Å². The molecule has 0 unspecified atom stereocenters. The highest BCUT2D eigenvalue weighted by molar-refractivity contribution is 6.58. The lowest BCUT2D eigenvalue weighted by atomic mass is 9.80. The molecule has 1 saturated heterocycles. The van der Waals surface area contributed by atoms with E-state index in [1.165, 1.54) is 25.9 Å². The topological polar surface area (TPSA) is 56.2 Å². The molecule has 1 heterocycles. The predicted molar refractivity (Wildman–Crippen MR) is 82.8 cm³/mol. The summed E-state index contributed by atoms with van der Waals surface area (Å²) in [6, 6.07) is 7.78. The van der Waals surface area contributed by atoms with Crippen LogP contribution in [0.5, 0.6) is 5.75 Å². The summed E-state index contributed by atoms with van der Waals surface area (Å²) in [4.78, 5) is 5.06. The number of piperazine rings is 1. The van der Waals surface area contributed by atoms with Crippen molar-refractivity contribution >= 4 is 12.6 Å². The smallest absolute Gasteiger partial charge is 0.488 e. The summed E-state index contributed by atoms with van der Waals surface area (Å²) in [5.41, 5.74) is 0.485. The minimum atomic E-state index is -1.41. The number of ether oxygens (including phenoxy) is 1. The third-order valence-electron chi connectivity index (χ3n) is 4.32. The first-order chi connectivity index (χ1) is 10.2. The monoisotopic (exact) mass is 290 g/mol. The molecule has 0 amide bonds. The Hall–Kier alpha value is -1.08. The van der Waals surface area contributed by atoms with Gasteiger partial charge in [-0.1, -0.05) is 12.1 Å². The summed E-state index contributed by atoms with van der Waals surface area (Å²) in [6.45, 7) is 6.26. The number of rotatable bonds is 6. The Morgan fingerprint density at radius 3 is 2.29 bits per heavy atom. The maximum absolute atomic E-state index is 9.03. The largest absolute Gasteiger partial charge is 0.492 e. The third-order valence-corrected chi connectivity index (χ3v) is 4.32. The molecule has 2 fully saturated rings. The molecular formula is C15H23BN2O3. The molecule has 1 aliphatic carbocycles. The molecule has 2 aliphatic rings. The Morgan fingerprint density at radius 2 is 1.71 bits per heavy atom. The van der Waals surface area contributed by atoms with Crippen LogP contribution in [0.1, 0.15) is 12.8 Å². The zero-order chi connectivity index (χ0) is 14.7. The van der Waals surface area contributed by atoms with Gasteiger partial charge in [-0.15, -0.1) is 0 Å². The van der Waals surface area contributed by atoms with Crippen LogP contribution in [-0.4, -0.2) is 72.3 Å². The fourth-order valence-electron chi connectivity index (χ4n) is 2.82. The van der Waals surface area contributed by atoms with E-state index in [0.717, 1.165) is 31.4 Å². The Bertz CT molecular complexity index is 443. The predicted octanol–water partition coefficient (Wildman–Crippen LogP) is -0.475. The molecule has 5 nitrogen and oxygen atoms in total. The minimum absolute atomic E-state index is 0.485. The molecule has 1 aromatic rings. The van der Waals surface area contributed by atoms with Crippen molar-refractivity contribution in [1.82, 2.24) is 9.80 Å². The quantitative estimate of drug-likeness (QED) is 0.694. The van der Waals surface area contributed by atoms with Crippen molar-refractivity contribution in [3.8, 4) is 5.75 Å². The Kier molecular flexibility index (Phi) is 4.80. The number of benzene rings is 1. The summed E-state index contributed by atoms with van der Waals surface area (Å²) < 4.78 is 5.71. The molecule has 6 heteroatoms. The van der Waals surface area contributed by atoms with Gasteiger partial charge < -0.3 is 14.8 Å². The van der Waals surface area contributed by atoms with Gasteiger partial charge in [0.25, 0.3) is 0 Å². The molecule has 0 bridgehead atoms. The average molecular weight is 290 g/mol. The van der Waals surface area contributed by atoms with Crippen LogP contribution in [0.3, 0.4) is 0 Å². The molecule has 0 radical (unpaired) electrons. The molecular weight excluding hydrogens is 267 g/mol. The number of nitrogens with zero attached hydrogens (tertiary/aromatic N) is 2. The van der Waals surface area contributed by atoms with Crippen LogP contribution in [-0.2, 0) is 0 Å².